The van der Waals surface area contributed by atoms with E-state index >= 15 is 0 Å². The smallest absolute Gasteiger partial charge is 0.393 e. The highest BCUT2D eigenvalue weighted by Crippen LogP contribution is 2.32. The monoisotopic (exact) mass is 262 g/mol. The van der Waals surface area contributed by atoms with E-state index in [-0.39, 0.29) is 13.0 Å². The quantitative estimate of drug-likeness (QED) is 0.902. The number of nitrogen functional groups attached to an aromatic ring is 1. The molecule has 102 valence electrons. The highest BCUT2D eigenvalue weighted by molar-refractivity contribution is 5.30. The maximum absolute atomic E-state index is 12.6. The molecule has 2 rings (SSSR count). The van der Waals surface area contributed by atoms with Crippen molar-refractivity contribution in [2.24, 2.45) is 5.92 Å². The molecule has 1 saturated heterocycles. The first-order chi connectivity index (χ1) is 8.45. The minimum absolute atomic E-state index is 0.0975. The summed E-state index contributed by atoms with van der Waals surface area (Å²) in [5, 5.41) is 4.01. The fourth-order valence-electron chi connectivity index (χ4n) is 2.27. The van der Waals surface area contributed by atoms with Gasteiger partial charge >= 0.3 is 6.18 Å². The lowest BCUT2D eigenvalue weighted by Crippen LogP contribution is -2.42. The summed E-state index contributed by atoms with van der Waals surface area (Å²) >= 11 is 0. The maximum atomic E-state index is 12.6. The molecule has 4 nitrogen and oxygen atoms in total. The molecule has 0 aromatic carbocycles. The van der Waals surface area contributed by atoms with Crippen LogP contribution in [0.15, 0.2) is 12.4 Å². The Kier molecular flexibility index (Phi) is 3.79. The molecule has 0 radical (unpaired) electrons. The van der Waals surface area contributed by atoms with Gasteiger partial charge in [0.05, 0.1) is 24.3 Å². The van der Waals surface area contributed by atoms with Crippen molar-refractivity contribution in [2.45, 2.75) is 25.6 Å². The van der Waals surface area contributed by atoms with E-state index in [1.165, 1.54) is 6.20 Å². The van der Waals surface area contributed by atoms with Crippen LogP contribution in [-0.2, 0) is 6.54 Å². The Balaban J connectivity index is 1.83. The van der Waals surface area contributed by atoms with Crippen molar-refractivity contribution in [3.05, 3.63) is 12.4 Å². The lowest BCUT2D eigenvalue weighted by atomic mass is 9.97. The first-order valence-electron chi connectivity index (χ1n) is 6.02. The van der Waals surface area contributed by atoms with Crippen molar-refractivity contribution in [3.8, 4) is 0 Å². The maximum Gasteiger partial charge on any atom is 0.393 e. The number of aromatic nitrogens is 2. The molecule has 1 fully saturated rings. The predicted octanol–water partition coefficient (Wildman–Crippen LogP) is 1.74. The molecule has 18 heavy (non-hydrogen) atoms. The summed E-state index contributed by atoms with van der Waals surface area (Å²) < 4.78 is 39.5. The Morgan fingerprint density at radius 2 is 2.17 bits per heavy atom. The van der Waals surface area contributed by atoms with Crippen molar-refractivity contribution in [1.82, 2.24) is 14.7 Å². The molecule has 1 aliphatic heterocycles. The molecule has 0 aliphatic carbocycles. The molecular formula is C11H17F3N4. The van der Waals surface area contributed by atoms with E-state index in [1.54, 1.807) is 10.9 Å². The number of hydrogen-bond donors (Lipinski definition) is 1. The summed E-state index contributed by atoms with van der Waals surface area (Å²) in [6, 6.07) is 0. The van der Waals surface area contributed by atoms with Gasteiger partial charge in [0.2, 0.25) is 0 Å². The van der Waals surface area contributed by atoms with Gasteiger partial charge in [-0.15, -0.1) is 0 Å². The fraction of sp³-hybridized carbons (Fsp3) is 0.727. The summed E-state index contributed by atoms with van der Waals surface area (Å²) in [6.07, 6.45) is -0.00511. The number of rotatable bonds is 3. The summed E-state index contributed by atoms with van der Waals surface area (Å²) in [5.41, 5.74) is 6.09. The minimum atomic E-state index is -4.07. The van der Waals surface area contributed by atoms with E-state index in [1.807, 2.05) is 4.90 Å². The van der Waals surface area contributed by atoms with Crippen LogP contribution in [0.1, 0.15) is 12.8 Å². The lowest BCUT2D eigenvalue weighted by Gasteiger charge is -2.33. The first kappa shape index (κ1) is 13.2. The topological polar surface area (TPSA) is 47.1 Å². The van der Waals surface area contributed by atoms with Crippen molar-refractivity contribution in [2.75, 3.05) is 25.4 Å². The van der Waals surface area contributed by atoms with Crippen molar-refractivity contribution in [1.29, 1.82) is 0 Å². The fourth-order valence-corrected chi connectivity index (χ4v) is 2.27. The third-order valence-corrected chi connectivity index (χ3v) is 3.27. The normalized spacial score (nSPS) is 22.3. The zero-order chi connectivity index (χ0) is 13.2. The largest absolute Gasteiger partial charge is 0.396 e. The van der Waals surface area contributed by atoms with Crippen LogP contribution in [0.5, 0.6) is 0 Å². The standard InChI is InChI=1S/C11H17F3N4/c12-11(13,14)9-2-1-3-17(7-9)4-5-18-8-10(15)6-16-18/h6,8-9H,1-5,7,15H2. The van der Waals surface area contributed by atoms with Crippen LogP contribution in [0.3, 0.4) is 0 Å². The first-order valence-corrected chi connectivity index (χ1v) is 6.02. The molecule has 2 heterocycles. The van der Waals surface area contributed by atoms with Gasteiger partial charge in [-0.1, -0.05) is 0 Å². The van der Waals surface area contributed by atoms with Gasteiger partial charge < -0.3 is 10.6 Å². The second-order valence-corrected chi connectivity index (χ2v) is 4.72. The number of halogens is 3. The molecule has 1 aromatic rings. The van der Waals surface area contributed by atoms with Gasteiger partial charge in [0.15, 0.2) is 0 Å². The van der Waals surface area contributed by atoms with Crippen LogP contribution in [-0.4, -0.2) is 40.5 Å². The molecule has 1 atom stereocenters. The molecule has 2 N–H and O–H groups in total. The average molecular weight is 262 g/mol. The summed E-state index contributed by atoms with van der Waals surface area (Å²) in [7, 11) is 0. The number of nitrogens with zero attached hydrogens (tertiary/aromatic N) is 3. The SMILES string of the molecule is Nc1cnn(CCN2CCCC(C(F)(F)F)C2)c1. The number of likely N-dealkylation sites (tertiary alicyclic amines) is 1. The van der Waals surface area contributed by atoms with E-state index < -0.39 is 12.1 Å². The number of hydrogen-bond acceptors (Lipinski definition) is 3. The van der Waals surface area contributed by atoms with E-state index in [9.17, 15) is 13.2 Å². The number of anilines is 1. The zero-order valence-corrected chi connectivity index (χ0v) is 10.0. The van der Waals surface area contributed by atoms with Gasteiger partial charge in [-0.05, 0) is 19.4 Å². The number of piperidine rings is 1. The number of alkyl halides is 3. The van der Waals surface area contributed by atoms with E-state index in [4.69, 9.17) is 5.73 Å². The molecule has 1 unspecified atom stereocenters. The van der Waals surface area contributed by atoms with Gasteiger partial charge in [0, 0.05) is 19.3 Å². The third-order valence-electron chi connectivity index (χ3n) is 3.27. The van der Waals surface area contributed by atoms with E-state index in [0.717, 1.165) is 6.54 Å². The Bertz CT molecular complexity index is 388. The van der Waals surface area contributed by atoms with Gasteiger partial charge in [-0.2, -0.15) is 18.3 Å². The van der Waals surface area contributed by atoms with E-state index in [0.29, 0.717) is 25.2 Å². The molecule has 0 bridgehead atoms. The lowest BCUT2D eigenvalue weighted by molar-refractivity contribution is -0.186. The highest BCUT2D eigenvalue weighted by Gasteiger charge is 2.41. The van der Waals surface area contributed by atoms with Gasteiger partial charge in [-0.3, -0.25) is 4.68 Å². The van der Waals surface area contributed by atoms with Crippen LogP contribution < -0.4 is 5.73 Å². The molecule has 0 amide bonds. The average Bonchev–Trinajstić information content (AvgIpc) is 2.72. The Hall–Kier alpha value is -1.24. The van der Waals surface area contributed by atoms with Gasteiger partial charge in [0.1, 0.15) is 0 Å². The van der Waals surface area contributed by atoms with Gasteiger partial charge in [-0.25, -0.2) is 0 Å². The molecule has 0 spiro atoms. The van der Waals surface area contributed by atoms with Crippen molar-refractivity contribution >= 4 is 5.69 Å². The second-order valence-electron chi connectivity index (χ2n) is 4.72. The summed E-state index contributed by atoms with van der Waals surface area (Å²) in [4.78, 5) is 1.85. The Morgan fingerprint density at radius 1 is 1.39 bits per heavy atom. The molecule has 7 heteroatoms. The second kappa shape index (κ2) is 5.17. The van der Waals surface area contributed by atoms with Crippen LogP contribution in [0.2, 0.25) is 0 Å². The van der Waals surface area contributed by atoms with Crippen LogP contribution in [0, 0.1) is 5.92 Å². The summed E-state index contributed by atoms with van der Waals surface area (Å²) in [5.74, 6) is -1.19. The molecule has 1 aromatic heterocycles. The zero-order valence-electron chi connectivity index (χ0n) is 10.0. The van der Waals surface area contributed by atoms with E-state index in [2.05, 4.69) is 5.10 Å². The summed E-state index contributed by atoms with van der Waals surface area (Å²) in [6.45, 7) is 1.97. The van der Waals surface area contributed by atoms with Crippen LogP contribution in [0.25, 0.3) is 0 Å². The molecule has 1 aliphatic rings. The number of nitrogens with two attached hydrogens (primary N) is 1. The third kappa shape index (κ3) is 3.38. The highest BCUT2D eigenvalue weighted by atomic mass is 19.4. The van der Waals surface area contributed by atoms with Crippen LogP contribution in [0.4, 0.5) is 18.9 Å². The Labute approximate surface area is 104 Å². The van der Waals surface area contributed by atoms with Crippen molar-refractivity contribution in [3.63, 3.8) is 0 Å². The predicted molar refractivity (Wildman–Crippen MR) is 61.9 cm³/mol. The van der Waals surface area contributed by atoms with Gasteiger partial charge in [0.25, 0.3) is 0 Å². The van der Waals surface area contributed by atoms with Crippen molar-refractivity contribution < 1.29 is 13.2 Å². The molecule has 0 saturated carbocycles. The van der Waals surface area contributed by atoms with Crippen LogP contribution >= 0.6 is 0 Å². The Morgan fingerprint density at radius 3 is 2.78 bits per heavy atom. The minimum Gasteiger partial charge on any atom is -0.396 e. The molecular weight excluding hydrogens is 245 g/mol.